The van der Waals surface area contributed by atoms with Crippen molar-refractivity contribution in [1.82, 2.24) is 16.0 Å². The molecule has 0 saturated heterocycles. The minimum Gasteiger partial charge on any atom is -0.459 e. The summed E-state index contributed by atoms with van der Waals surface area (Å²) in [4.78, 5) is 16.1. The van der Waals surface area contributed by atoms with E-state index in [-0.39, 0.29) is 29.9 Å². The summed E-state index contributed by atoms with van der Waals surface area (Å²) in [5.41, 5.74) is 2.05. The molecule has 2 aromatic rings. The van der Waals surface area contributed by atoms with E-state index in [1.54, 1.807) is 13.1 Å². The molecule has 0 aliphatic rings. The van der Waals surface area contributed by atoms with Crippen LogP contribution in [0.1, 0.15) is 28.1 Å². The highest BCUT2D eigenvalue weighted by molar-refractivity contribution is 14.0. The molecule has 0 aliphatic heterocycles. The van der Waals surface area contributed by atoms with E-state index in [0.717, 1.165) is 35.9 Å². The Labute approximate surface area is 182 Å². The van der Waals surface area contributed by atoms with E-state index in [1.165, 1.54) is 11.8 Å². The third kappa shape index (κ3) is 8.21. The van der Waals surface area contributed by atoms with E-state index < -0.39 is 0 Å². The largest absolute Gasteiger partial charge is 0.459 e. The van der Waals surface area contributed by atoms with Gasteiger partial charge in [0.1, 0.15) is 0 Å². The summed E-state index contributed by atoms with van der Waals surface area (Å²) in [6, 6.07) is 9.59. The zero-order valence-electron chi connectivity index (χ0n) is 15.5. The van der Waals surface area contributed by atoms with Gasteiger partial charge >= 0.3 is 0 Å². The first-order valence-corrected chi connectivity index (χ1v) is 8.99. The van der Waals surface area contributed by atoms with Crippen molar-refractivity contribution in [2.45, 2.75) is 19.8 Å². The molecule has 0 spiro atoms. The van der Waals surface area contributed by atoms with Gasteiger partial charge in [-0.05, 0) is 43.5 Å². The second kappa shape index (κ2) is 12.6. The third-order valence-corrected chi connectivity index (χ3v) is 4.09. The summed E-state index contributed by atoms with van der Waals surface area (Å²) in [6.07, 6.45) is 3.19. The molecule has 1 heterocycles. The van der Waals surface area contributed by atoms with Crippen LogP contribution in [-0.4, -0.2) is 38.5 Å². The Hall–Kier alpha value is -1.74. The summed E-state index contributed by atoms with van der Waals surface area (Å²) < 4.78 is 5.16. The van der Waals surface area contributed by atoms with Crippen LogP contribution < -0.4 is 16.0 Å². The predicted molar refractivity (Wildman–Crippen MR) is 120 cm³/mol. The highest BCUT2D eigenvalue weighted by atomic mass is 127. The van der Waals surface area contributed by atoms with E-state index >= 15 is 0 Å². The first kappa shape index (κ1) is 23.3. The lowest BCUT2D eigenvalue weighted by Crippen LogP contribution is -2.39. The SMILES string of the molecule is CN=C(NCCCNC(=O)c1occc1C)NCCc1ccc(Cl)cc1.I. The second-order valence-corrected chi connectivity index (χ2v) is 6.28. The number of aryl methyl sites for hydroxylation is 1. The van der Waals surface area contributed by atoms with Gasteiger partial charge in [0, 0.05) is 37.3 Å². The molecule has 0 saturated carbocycles. The number of amides is 1. The summed E-state index contributed by atoms with van der Waals surface area (Å²) in [5.74, 6) is 0.933. The van der Waals surface area contributed by atoms with Crippen molar-refractivity contribution in [1.29, 1.82) is 0 Å². The van der Waals surface area contributed by atoms with E-state index in [2.05, 4.69) is 20.9 Å². The average molecular weight is 505 g/mol. The number of guanidine groups is 1. The van der Waals surface area contributed by atoms with Crippen LogP contribution in [0.15, 0.2) is 46.0 Å². The topological polar surface area (TPSA) is 78.7 Å². The number of benzene rings is 1. The Morgan fingerprint density at radius 2 is 1.74 bits per heavy atom. The highest BCUT2D eigenvalue weighted by Crippen LogP contribution is 2.09. The van der Waals surface area contributed by atoms with Gasteiger partial charge in [-0.25, -0.2) is 0 Å². The van der Waals surface area contributed by atoms with Gasteiger partial charge < -0.3 is 20.4 Å². The molecule has 27 heavy (non-hydrogen) atoms. The normalized spacial score (nSPS) is 10.9. The van der Waals surface area contributed by atoms with Gasteiger partial charge in [0.2, 0.25) is 0 Å². The lowest BCUT2D eigenvalue weighted by Gasteiger charge is -2.12. The molecule has 8 heteroatoms. The predicted octanol–water partition coefficient (Wildman–Crippen LogP) is 3.39. The van der Waals surface area contributed by atoms with Crippen molar-refractivity contribution in [3.63, 3.8) is 0 Å². The van der Waals surface area contributed by atoms with Crippen molar-refractivity contribution in [3.05, 3.63) is 58.5 Å². The number of aliphatic imine (C=N–C) groups is 1. The number of carbonyl (C=O) groups excluding carboxylic acids is 1. The quantitative estimate of drug-likeness (QED) is 0.223. The van der Waals surface area contributed by atoms with Gasteiger partial charge in [0.15, 0.2) is 11.7 Å². The monoisotopic (exact) mass is 504 g/mol. The molecule has 1 aromatic carbocycles. The van der Waals surface area contributed by atoms with Gasteiger partial charge in [0.05, 0.1) is 6.26 Å². The van der Waals surface area contributed by atoms with Crippen LogP contribution in [0.2, 0.25) is 5.02 Å². The summed E-state index contributed by atoms with van der Waals surface area (Å²) in [5, 5.41) is 10.1. The average Bonchev–Trinajstić information content (AvgIpc) is 3.07. The Bertz CT molecular complexity index is 732. The Morgan fingerprint density at radius 1 is 1.07 bits per heavy atom. The summed E-state index contributed by atoms with van der Waals surface area (Å²) in [7, 11) is 1.74. The molecule has 1 amide bonds. The third-order valence-electron chi connectivity index (χ3n) is 3.84. The fraction of sp³-hybridized carbons (Fsp3) is 0.368. The first-order valence-electron chi connectivity index (χ1n) is 8.61. The smallest absolute Gasteiger partial charge is 0.287 e. The molecule has 1 aromatic heterocycles. The Kier molecular flexibility index (Phi) is 10.9. The molecule has 0 fully saturated rings. The highest BCUT2D eigenvalue weighted by Gasteiger charge is 2.11. The van der Waals surface area contributed by atoms with E-state index in [4.69, 9.17) is 16.0 Å². The molecule has 0 atom stereocenters. The van der Waals surface area contributed by atoms with Crippen molar-refractivity contribution in [3.8, 4) is 0 Å². The number of nitrogens with zero attached hydrogens (tertiary/aromatic N) is 1. The molecule has 2 rings (SSSR count). The Morgan fingerprint density at radius 3 is 2.37 bits per heavy atom. The van der Waals surface area contributed by atoms with Crippen LogP contribution in [0, 0.1) is 6.92 Å². The van der Waals surface area contributed by atoms with E-state index in [0.29, 0.717) is 18.8 Å². The summed E-state index contributed by atoms with van der Waals surface area (Å²) >= 11 is 5.88. The van der Waals surface area contributed by atoms with Gasteiger partial charge in [-0.2, -0.15) is 0 Å². The van der Waals surface area contributed by atoms with Gasteiger partial charge in [-0.3, -0.25) is 9.79 Å². The number of carbonyl (C=O) groups is 1. The van der Waals surface area contributed by atoms with Crippen molar-refractivity contribution in [2.24, 2.45) is 4.99 Å². The lowest BCUT2D eigenvalue weighted by atomic mass is 10.1. The van der Waals surface area contributed by atoms with Crippen LogP contribution >= 0.6 is 35.6 Å². The van der Waals surface area contributed by atoms with E-state index in [9.17, 15) is 4.79 Å². The number of hydrogen-bond donors (Lipinski definition) is 3. The molecular weight excluding hydrogens is 479 g/mol. The van der Waals surface area contributed by atoms with Crippen molar-refractivity contribution < 1.29 is 9.21 Å². The second-order valence-electron chi connectivity index (χ2n) is 5.84. The zero-order chi connectivity index (χ0) is 18.8. The van der Waals surface area contributed by atoms with Crippen molar-refractivity contribution in [2.75, 3.05) is 26.7 Å². The Balaban J connectivity index is 0.00000364. The van der Waals surface area contributed by atoms with Crippen LogP contribution in [0.5, 0.6) is 0 Å². The zero-order valence-corrected chi connectivity index (χ0v) is 18.6. The molecular formula is C19H26ClIN4O2. The number of nitrogens with one attached hydrogen (secondary N) is 3. The maximum atomic E-state index is 11.9. The minimum absolute atomic E-state index is 0. The molecule has 0 unspecified atom stereocenters. The molecule has 6 nitrogen and oxygen atoms in total. The molecule has 148 valence electrons. The first-order chi connectivity index (χ1) is 12.6. The maximum absolute atomic E-state index is 11.9. The van der Waals surface area contributed by atoms with Crippen LogP contribution in [0.4, 0.5) is 0 Å². The van der Waals surface area contributed by atoms with E-state index in [1.807, 2.05) is 31.2 Å². The van der Waals surface area contributed by atoms with Crippen LogP contribution in [0.25, 0.3) is 0 Å². The van der Waals surface area contributed by atoms with Gasteiger partial charge in [0.25, 0.3) is 5.91 Å². The molecule has 0 bridgehead atoms. The molecule has 0 radical (unpaired) electrons. The van der Waals surface area contributed by atoms with Gasteiger partial charge in [-0.15, -0.1) is 24.0 Å². The number of furan rings is 1. The fourth-order valence-electron chi connectivity index (χ4n) is 2.38. The minimum atomic E-state index is -0.182. The summed E-state index contributed by atoms with van der Waals surface area (Å²) in [6.45, 7) is 3.89. The fourth-order valence-corrected chi connectivity index (χ4v) is 2.51. The van der Waals surface area contributed by atoms with Gasteiger partial charge in [-0.1, -0.05) is 23.7 Å². The number of rotatable bonds is 8. The molecule has 0 aliphatic carbocycles. The molecule has 3 N–H and O–H groups in total. The van der Waals surface area contributed by atoms with Crippen molar-refractivity contribution >= 4 is 47.4 Å². The maximum Gasteiger partial charge on any atom is 0.287 e. The van der Waals surface area contributed by atoms with Crippen LogP contribution in [-0.2, 0) is 6.42 Å². The van der Waals surface area contributed by atoms with Crippen LogP contribution in [0.3, 0.4) is 0 Å². The number of hydrogen-bond acceptors (Lipinski definition) is 3. The lowest BCUT2D eigenvalue weighted by molar-refractivity contribution is 0.0925. The standard InChI is InChI=1S/C19H25ClN4O2.HI/c1-14-9-13-26-17(14)18(25)22-10-3-11-23-19(21-2)24-12-8-15-4-6-16(20)7-5-15;/h4-7,9,13H,3,8,10-12H2,1-2H3,(H,22,25)(H2,21,23,24);1H. The number of halogens is 2.